The number of ether oxygens (including phenoxy) is 2. The van der Waals surface area contributed by atoms with E-state index in [-0.39, 0.29) is 17.9 Å². The maximum Gasteiger partial charge on any atom is 0.311 e. The lowest BCUT2D eigenvalue weighted by Gasteiger charge is -2.24. The van der Waals surface area contributed by atoms with Crippen LogP contribution in [0.1, 0.15) is 102 Å². The molecule has 202 valence electrons. The van der Waals surface area contributed by atoms with Crippen LogP contribution in [0.3, 0.4) is 0 Å². The number of hydrogen-bond acceptors (Lipinski definition) is 5. The average Bonchev–Trinajstić information content (AvgIpc) is 3.09. The van der Waals surface area contributed by atoms with Gasteiger partial charge in [0.05, 0.1) is 0 Å². The molecule has 5 heteroatoms. The molecule has 1 saturated heterocycles. The summed E-state index contributed by atoms with van der Waals surface area (Å²) in [6.07, 6.45) is 9.07. The molecule has 0 amide bonds. The standard InChI is InChI=1S/C32H45NO4/c1-7-10-13-24-14-15-25(20-22(24)4)28-21-33(6)19-18-26-23(5)32(37-31(35)12-9-3)29(17-16-27(26)28)36-30(34)11-8-2/h14-16,20,28H,7-13,17-19,21H2,1-6H3. The number of rotatable bonds is 10. The highest BCUT2D eigenvalue weighted by atomic mass is 16.6. The van der Waals surface area contributed by atoms with Gasteiger partial charge in [-0.25, -0.2) is 0 Å². The van der Waals surface area contributed by atoms with Crippen molar-refractivity contribution in [2.75, 3.05) is 20.1 Å². The Kier molecular flexibility index (Phi) is 10.7. The van der Waals surface area contributed by atoms with Crippen molar-refractivity contribution in [3.63, 3.8) is 0 Å². The van der Waals surface area contributed by atoms with Crippen LogP contribution in [-0.2, 0) is 25.5 Å². The molecule has 1 aromatic rings. The lowest BCUT2D eigenvalue weighted by molar-refractivity contribution is -0.143. The van der Waals surface area contributed by atoms with E-state index < -0.39 is 0 Å². The van der Waals surface area contributed by atoms with Crippen molar-refractivity contribution in [3.05, 3.63) is 69.2 Å². The van der Waals surface area contributed by atoms with Gasteiger partial charge in [-0.15, -0.1) is 0 Å². The number of likely N-dealkylation sites (N-methyl/N-ethyl adjacent to an activating group) is 1. The molecule has 3 rings (SSSR count). The van der Waals surface area contributed by atoms with Crippen LogP contribution in [-0.4, -0.2) is 37.0 Å². The molecule has 0 aromatic heterocycles. The summed E-state index contributed by atoms with van der Waals surface area (Å²) in [6, 6.07) is 6.94. The third kappa shape index (κ3) is 7.44. The van der Waals surface area contributed by atoms with Gasteiger partial charge in [-0.2, -0.15) is 0 Å². The van der Waals surface area contributed by atoms with Gasteiger partial charge in [-0.3, -0.25) is 9.59 Å². The van der Waals surface area contributed by atoms with Crippen molar-refractivity contribution < 1.29 is 19.1 Å². The highest BCUT2D eigenvalue weighted by Gasteiger charge is 2.31. The van der Waals surface area contributed by atoms with Crippen molar-refractivity contribution in [1.29, 1.82) is 0 Å². The molecule has 0 spiro atoms. The molecule has 0 radical (unpaired) electrons. The van der Waals surface area contributed by atoms with Gasteiger partial charge in [-0.05, 0) is 86.4 Å². The fraction of sp³-hybridized carbons (Fsp3) is 0.562. The SMILES string of the molecule is CCCCc1ccc(C2CN(C)CCC3=C(C)C(OC(=O)CCC)=C(OC(=O)CCC)CC=C32)cc1C. The van der Waals surface area contributed by atoms with Crippen LogP contribution in [0.5, 0.6) is 0 Å². The zero-order chi connectivity index (χ0) is 26.9. The predicted molar refractivity (Wildman–Crippen MR) is 149 cm³/mol. The molecule has 0 N–H and O–H groups in total. The number of aryl methyl sites for hydroxylation is 2. The summed E-state index contributed by atoms with van der Waals surface area (Å²) in [5.41, 5.74) is 7.43. The minimum atomic E-state index is -0.287. The Bertz CT molecular complexity index is 1080. The second kappa shape index (κ2) is 13.8. The Morgan fingerprint density at radius 1 is 1.00 bits per heavy atom. The molecule has 0 bridgehead atoms. The van der Waals surface area contributed by atoms with Crippen molar-refractivity contribution >= 4 is 11.9 Å². The number of carbonyl (C=O) groups excluding carboxylic acids is 2. The zero-order valence-corrected chi connectivity index (χ0v) is 23.7. The number of nitrogens with zero attached hydrogens (tertiary/aromatic N) is 1. The number of hydrogen-bond donors (Lipinski definition) is 0. The molecule has 1 atom stereocenters. The number of carbonyl (C=O) groups is 2. The van der Waals surface area contributed by atoms with Crippen LogP contribution < -0.4 is 0 Å². The molecular formula is C32H45NO4. The van der Waals surface area contributed by atoms with Gasteiger partial charge in [0.25, 0.3) is 0 Å². The molecule has 1 fully saturated rings. The number of benzene rings is 1. The smallest absolute Gasteiger partial charge is 0.311 e. The fourth-order valence-corrected chi connectivity index (χ4v) is 5.32. The van der Waals surface area contributed by atoms with Crippen LogP contribution >= 0.6 is 0 Å². The van der Waals surface area contributed by atoms with Crippen LogP contribution in [0.4, 0.5) is 0 Å². The Morgan fingerprint density at radius 3 is 2.35 bits per heavy atom. The number of allylic oxidation sites excluding steroid dienone is 2. The van der Waals surface area contributed by atoms with E-state index >= 15 is 0 Å². The van der Waals surface area contributed by atoms with Crippen LogP contribution in [0.15, 0.2) is 52.5 Å². The van der Waals surface area contributed by atoms with Gasteiger partial charge < -0.3 is 14.4 Å². The average molecular weight is 508 g/mol. The zero-order valence-electron chi connectivity index (χ0n) is 23.7. The summed E-state index contributed by atoms with van der Waals surface area (Å²) in [6.45, 7) is 12.2. The third-order valence-electron chi connectivity index (χ3n) is 7.45. The minimum Gasteiger partial charge on any atom is -0.427 e. The van der Waals surface area contributed by atoms with E-state index in [2.05, 4.69) is 50.1 Å². The number of fused-ring (bicyclic) bond motifs is 1. The summed E-state index contributed by atoms with van der Waals surface area (Å²) in [5, 5.41) is 0. The van der Waals surface area contributed by atoms with Gasteiger partial charge >= 0.3 is 11.9 Å². The van der Waals surface area contributed by atoms with Crippen LogP contribution in [0.25, 0.3) is 0 Å². The Morgan fingerprint density at radius 2 is 1.70 bits per heavy atom. The molecule has 2 aliphatic rings. The Hall–Kier alpha value is -2.66. The predicted octanol–water partition coefficient (Wildman–Crippen LogP) is 7.30. The first-order valence-electron chi connectivity index (χ1n) is 14.1. The molecular weight excluding hydrogens is 462 g/mol. The van der Waals surface area contributed by atoms with Gasteiger partial charge in [-0.1, -0.05) is 51.5 Å². The molecule has 1 aliphatic heterocycles. The van der Waals surface area contributed by atoms with Crippen LogP contribution in [0, 0.1) is 6.92 Å². The van der Waals surface area contributed by atoms with Gasteiger partial charge in [0.15, 0.2) is 11.5 Å². The van der Waals surface area contributed by atoms with E-state index in [0.29, 0.717) is 43.6 Å². The Balaban J connectivity index is 2.06. The van der Waals surface area contributed by atoms with Crippen molar-refractivity contribution in [2.45, 2.75) is 98.3 Å². The number of unbranched alkanes of at least 4 members (excludes halogenated alkanes) is 1. The molecule has 37 heavy (non-hydrogen) atoms. The number of esters is 2. The van der Waals surface area contributed by atoms with E-state index in [9.17, 15) is 9.59 Å². The summed E-state index contributed by atoms with van der Waals surface area (Å²) in [5.74, 6) is 0.500. The topological polar surface area (TPSA) is 55.8 Å². The summed E-state index contributed by atoms with van der Waals surface area (Å²) in [4.78, 5) is 27.5. The second-order valence-electron chi connectivity index (χ2n) is 10.5. The highest BCUT2D eigenvalue weighted by molar-refractivity contribution is 5.73. The van der Waals surface area contributed by atoms with Crippen molar-refractivity contribution in [2.24, 2.45) is 0 Å². The Labute approximate surface area is 223 Å². The van der Waals surface area contributed by atoms with Gasteiger partial charge in [0, 0.05) is 38.3 Å². The minimum absolute atomic E-state index is 0.190. The highest BCUT2D eigenvalue weighted by Crippen LogP contribution is 2.41. The molecule has 0 saturated carbocycles. The first kappa shape index (κ1) is 28.9. The molecule has 1 aliphatic carbocycles. The summed E-state index contributed by atoms with van der Waals surface area (Å²) >= 11 is 0. The van der Waals surface area contributed by atoms with Gasteiger partial charge in [0.1, 0.15) is 0 Å². The largest absolute Gasteiger partial charge is 0.427 e. The van der Waals surface area contributed by atoms with Crippen molar-refractivity contribution in [3.8, 4) is 0 Å². The summed E-state index contributed by atoms with van der Waals surface area (Å²) < 4.78 is 11.7. The lowest BCUT2D eigenvalue weighted by Crippen LogP contribution is -2.23. The quantitative estimate of drug-likeness (QED) is 0.311. The molecule has 1 aromatic carbocycles. The van der Waals surface area contributed by atoms with E-state index in [1.165, 1.54) is 40.7 Å². The van der Waals surface area contributed by atoms with Crippen LogP contribution in [0.2, 0.25) is 0 Å². The lowest BCUT2D eigenvalue weighted by atomic mass is 9.83. The summed E-state index contributed by atoms with van der Waals surface area (Å²) in [7, 11) is 2.17. The second-order valence-corrected chi connectivity index (χ2v) is 10.5. The molecule has 1 unspecified atom stereocenters. The number of likely N-dealkylation sites (tertiary alicyclic amines) is 1. The molecule has 1 heterocycles. The van der Waals surface area contributed by atoms with Crippen molar-refractivity contribution in [1.82, 2.24) is 4.90 Å². The fourth-order valence-electron chi connectivity index (χ4n) is 5.32. The van der Waals surface area contributed by atoms with E-state index in [0.717, 1.165) is 31.5 Å². The van der Waals surface area contributed by atoms with Gasteiger partial charge in [0.2, 0.25) is 0 Å². The molecule has 5 nitrogen and oxygen atoms in total. The van der Waals surface area contributed by atoms with E-state index in [1.807, 2.05) is 20.8 Å². The van der Waals surface area contributed by atoms with E-state index in [4.69, 9.17) is 9.47 Å². The maximum atomic E-state index is 12.6. The third-order valence-corrected chi connectivity index (χ3v) is 7.45. The monoisotopic (exact) mass is 507 g/mol. The normalized spacial score (nSPS) is 18.6. The van der Waals surface area contributed by atoms with E-state index in [1.54, 1.807) is 0 Å². The maximum absolute atomic E-state index is 12.6. The first-order valence-corrected chi connectivity index (χ1v) is 14.1. The first-order chi connectivity index (χ1) is 17.8.